The lowest BCUT2D eigenvalue weighted by atomic mass is 10.5. The minimum absolute atomic E-state index is 0.119. The van der Waals surface area contributed by atoms with Crippen LogP contribution in [0.3, 0.4) is 0 Å². The fraction of sp³-hybridized carbons (Fsp3) is 1.00. The van der Waals surface area contributed by atoms with Crippen LogP contribution in [0.4, 0.5) is 16.8 Å². The van der Waals surface area contributed by atoms with Crippen molar-refractivity contribution in [2.45, 2.75) is 6.42 Å². The Balaban J connectivity index is 2.55. The molecule has 1 saturated heterocycles. The van der Waals surface area contributed by atoms with E-state index in [0.29, 0.717) is 13.0 Å². The maximum absolute atomic E-state index is 12.9. The molecule has 0 radical (unpaired) electrons. The molecule has 12 heteroatoms. The van der Waals surface area contributed by atoms with Crippen molar-refractivity contribution in [2.24, 2.45) is 13.5 Å². The zero-order valence-electron chi connectivity index (χ0n) is 7.22. The van der Waals surface area contributed by atoms with Crippen molar-refractivity contribution in [2.75, 3.05) is 13.2 Å². The molecule has 2 aliphatic heterocycles. The van der Waals surface area contributed by atoms with E-state index in [1.807, 2.05) is 0 Å². The molecule has 5 nitrogen and oxygen atoms in total. The van der Waals surface area contributed by atoms with Gasteiger partial charge in [-0.1, -0.05) is 0 Å². The largest absolute Gasteiger partial charge is 0.424 e. The molecule has 1 fully saturated rings. The van der Waals surface area contributed by atoms with Crippen LogP contribution in [0.15, 0.2) is 13.5 Å². The predicted molar refractivity (Wildman–Crippen MR) is 51.0 cm³/mol. The highest BCUT2D eigenvalue weighted by molar-refractivity contribution is 7.78. The van der Waals surface area contributed by atoms with E-state index in [4.69, 9.17) is 4.52 Å². The van der Waals surface area contributed by atoms with Gasteiger partial charge >= 0.3 is 15.7 Å². The number of hydrogen-bond donors (Lipinski definition) is 1. The van der Waals surface area contributed by atoms with Crippen molar-refractivity contribution in [1.82, 2.24) is 5.09 Å². The second kappa shape index (κ2) is 3.67. The number of nitrogens with zero attached hydrogens (tertiary/aromatic N) is 3. The molecular formula is C3H7F4N4OP3. The second-order valence-corrected chi connectivity index (χ2v) is 8.45. The standard InChI is InChI=1S/C3H7F4N4OP3/c4-13(5)9-14(6,7)11-15(10-13)8-2-1-3-12-15/h8H,1-3H2. The molecule has 0 aliphatic carbocycles. The molecular weight excluding hydrogens is 277 g/mol. The molecule has 0 aromatic carbocycles. The first-order valence-corrected chi connectivity index (χ1v) is 8.49. The number of nitrogens with one attached hydrogen (secondary N) is 1. The van der Waals surface area contributed by atoms with E-state index in [2.05, 4.69) is 18.6 Å². The fourth-order valence-electron chi connectivity index (χ4n) is 1.12. The number of halogens is 4. The minimum Gasteiger partial charge on any atom is -0.316 e. The summed E-state index contributed by atoms with van der Waals surface area (Å²) >= 11 is 0. The molecule has 0 aromatic rings. The molecule has 2 aliphatic rings. The molecule has 88 valence electrons. The van der Waals surface area contributed by atoms with Crippen LogP contribution in [-0.2, 0) is 4.52 Å². The molecule has 0 aromatic heterocycles. The second-order valence-electron chi connectivity index (χ2n) is 2.82. The average Bonchev–Trinajstić information content (AvgIpc) is 1.97. The smallest absolute Gasteiger partial charge is 0.316 e. The van der Waals surface area contributed by atoms with Gasteiger partial charge in [0.25, 0.3) is 7.58 Å². The first kappa shape index (κ1) is 11.8. The van der Waals surface area contributed by atoms with Gasteiger partial charge in [-0.2, -0.15) is 0 Å². The highest BCUT2D eigenvalue weighted by Gasteiger charge is 2.40. The first-order chi connectivity index (χ1) is 6.83. The van der Waals surface area contributed by atoms with E-state index in [1.54, 1.807) is 0 Å². The topological polar surface area (TPSA) is 58.3 Å². The Morgan fingerprint density at radius 2 is 1.67 bits per heavy atom. The Kier molecular flexibility index (Phi) is 2.89. The lowest BCUT2D eigenvalue weighted by molar-refractivity contribution is 0.310. The normalized spacial score (nSPS) is 37.6. The molecule has 1 N–H and O–H groups in total. The third-order valence-electron chi connectivity index (χ3n) is 1.58. The van der Waals surface area contributed by atoms with Crippen LogP contribution in [0, 0.1) is 0 Å². The molecule has 1 atom stereocenters. The summed E-state index contributed by atoms with van der Waals surface area (Å²) in [5.41, 5.74) is 0. The van der Waals surface area contributed by atoms with Crippen LogP contribution in [0.5, 0.6) is 0 Å². The average molecular weight is 284 g/mol. The zero-order chi connectivity index (χ0) is 11.2. The summed E-state index contributed by atoms with van der Waals surface area (Å²) in [4.78, 5) is 0. The van der Waals surface area contributed by atoms with Crippen LogP contribution >= 0.6 is 23.2 Å². The van der Waals surface area contributed by atoms with Crippen molar-refractivity contribution in [1.29, 1.82) is 0 Å². The Labute approximate surface area is 83.6 Å². The van der Waals surface area contributed by atoms with Gasteiger partial charge < -0.3 is 4.52 Å². The molecule has 1 unspecified atom stereocenters. The highest BCUT2D eigenvalue weighted by Crippen LogP contribution is 2.80. The van der Waals surface area contributed by atoms with E-state index in [0.717, 1.165) is 0 Å². The Bertz CT molecular complexity index is 419. The van der Waals surface area contributed by atoms with Gasteiger partial charge in [-0.15, -0.1) is 30.3 Å². The summed E-state index contributed by atoms with van der Waals surface area (Å²) in [7, 11) is -14.1. The van der Waals surface area contributed by atoms with Crippen LogP contribution in [0.2, 0.25) is 0 Å². The van der Waals surface area contributed by atoms with Crippen molar-refractivity contribution in [3.8, 4) is 0 Å². The van der Waals surface area contributed by atoms with Crippen molar-refractivity contribution >= 4 is 23.2 Å². The first-order valence-electron chi connectivity index (χ1n) is 3.92. The zero-order valence-corrected chi connectivity index (χ0v) is 9.91. The molecule has 0 amide bonds. The van der Waals surface area contributed by atoms with Gasteiger partial charge in [0.05, 0.1) is 6.61 Å². The molecule has 2 rings (SSSR count). The summed E-state index contributed by atoms with van der Waals surface area (Å²) in [6, 6.07) is 0. The lowest BCUT2D eigenvalue weighted by Gasteiger charge is -2.27. The Morgan fingerprint density at radius 3 is 2.20 bits per heavy atom. The van der Waals surface area contributed by atoms with E-state index in [-0.39, 0.29) is 6.61 Å². The Hall–Kier alpha value is 0.330. The minimum atomic E-state index is -5.27. The highest BCUT2D eigenvalue weighted by atomic mass is 31.3. The molecule has 0 saturated carbocycles. The third-order valence-corrected chi connectivity index (χ3v) is 8.14. The van der Waals surface area contributed by atoms with Gasteiger partial charge in [-0.25, -0.2) is 5.09 Å². The summed E-state index contributed by atoms with van der Waals surface area (Å²) in [5, 5.41) is 2.44. The summed E-state index contributed by atoms with van der Waals surface area (Å²) < 4.78 is 64.6. The number of hydrogen-bond acceptors (Lipinski definition) is 5. The van der Waals surface area contributed by atoms with Gasteiger partial charge in [0, 0.05) is 6.54 Å². The van der Waals surface area contributed by atoms with E-state index >= 15 is 0 Å². The van der Waals surface area contributed by atoms with Crippen molar-refractivity contribution in [3.05, 3.63) is 0 Å². The lowest BCUT2D eigenvalue weighted by Crippen LogP contribution is -2.20. The van der Waals surface area contributed by atoms with E-state index < -0.39 is 23.2 Å². The molecule has 15 heavy (non-hydrogen) atoms. The van der Waals surface area contributed by atoms with E-state index in [9.17, 15) is 16.8 Å². The van der Waals surface area contributed by atoms with Crippen LogP contribution in [0.1, 0.15) is 6.42 Å². The SMILES string of the molecule is FP1(F)=NP(F)(F)=NP2(=N1)NCCCO2. The predicted octanol–water partition coefficient (Wildman–Crippen LogP) is 4.73. The molecule has 0 bridgehead atoms. The van der Waals surface area contributed by atoms with E-state index in [1.165, 1.54) is 0 Å². The van der Waals surface area contributed by atoms with Gasteiger partial charge in [-0.3, -0.25) is 0 Å². The third kappa shape index (κ3) is 2.71. The van der Waals surface area contributed by atoms with Gasteiger partial charge in [0.15, 0.2) is 0 Å². The number of rotatable bonds is 0. The molecule has 1 spiro atoms. The Morgan fingerprint density at radius 1 is 1.00 bits per heavy atom. The summed E-state index contributed by atoms with van der Waals surface area (Å²) in [5.74, 6) is 0. The van der Waals surface area contributed by atoms with Gasteiger partial charge in [0.2, 0.25) is 0 Å². The van der Waals surface area contributed by atoms with Gasteiger partial charge in [0.1, 0.15) is 0 Å². The maximum atomic E-state index is 12.9. The van der Waals surface area contributed by atoms with Crippen LogP contribution < -0.4 is 5.09 Å². The van der Waals surface area contributed by atoms with Crippen molar-refractivity contribution < 1.29 is 21.3 Å². The van der Waals surface area contributed by atoms with Gasteiger partial charge in [-0.05, 0) is 6.42 Å². The quantitative estimate of drug-likeness (QED) is 0.516. The summed E-state index contributed by atoms with van der Waals surface area (Å²) in [6.07, 6.45) is 0.567. The van der Waals surface area contributed by atoms with Crippen LogP contribution in [0.25, 0.3) is 0 Å². The monoisotopic (exact) mass is 284 g/mol. The van der Waals surface area contributed by atoms with Crippen LogP contribution in [-0.4, -0.2) is 13.2 Å². The summed E-state index contributed by atoms with van der Waals surface area (Å²) in [6.45, 7) is 0.425. The van der Waals surface area contributed by atoms with Crippen molar-refractivity contribution in [3.63, 3.8) is 0 Å². The maximum Gasteiger partial charge on any atom is 0.424 e. The molecule has 2 heterocycles. The fourth-order valence-corrected chi connectivity index (χ4v) is 7.73.